The molecule has 13 heteroatoms. The molecule has 32 heavy (non-hydrogen) atoms. The van der Waals surface area contributed by atoms with Crippen LogP contribution in [0.2, 0.25) is 0 Å². The van der Waals surface area contributed by atoms with Crippen molar-refractivity contribution < 1.29 is 18.6 Å². The monoisotopic (exact) mass is 447 g/mol. The van der Waals surface area contributed by atoms with Gasteiger partial charge in [0.25, 0.3) is 0 Å². The fourth-order valence-corrected chi connectivity index (χ4v) is 3.28. The number of aromatic nitrogens is 6. The number of rotatable bonds is 7. The molecule has 0 radical (unpaired) electrons. The summed E-state index contributed by atoms with van der Waals surface area (Å²) < 4.78 is 34.6. The maximum absolute atomic E-state index is 14.2. The summed E-state index contributed by atoms with van der Waals surface area (Å²) in [5.74, 6) is -0.350. The van der Waals surface area contributed by atoms with Crippen LogP contribution in [0.15, 0.2) is 24.8 Å². The van der Waals surface area contributed by atoms with Gasteiger partial charge >= 0.3 is 0 Å². The highest BCUT2D eigenvalue weighted by Gasteiger charge is 2.26. The molecule has 4 rings (SSSR count). The Morgan fingerprint density at radius 1 is 1.25 bits per heavy atom. The molecule has 0 bridgehead atoms. The van der Waals surface area contributed by atoms with Crippen LogP contribution >= 0.6 is 0 Å². The van der Waals surface area contributed by atoms with E-state index in [9.17, 15) is 13.9 Å². The van der Waals surface area contributed by atoms with Crippen LogP contribution in [-0.2, 0) is 11.8 Å². The number of halogens is 2. The fourth-order valence-electron chi connectivity index (χ4n) is 3.28. The summed E-state index contributed by atoms with van der Waals surface area (Å²) in [5, 5.41) is 15.7. The number of morpholine rings is 1. The number of ether oxygens (including phenoxy) is 1. The number of hydrogen-bond donors (Lipinski definition) is 3. The Morgan fingerprint density at radius 2 is 2.06 bits per heavy atom. The third-order valence-corrected chi connectivity index (χ3v) is 4.86. The van der Waals surface area contributed by atoms with Crippen LogP contribution < -0.4 is 15.5 Å². The largest absolute Gasteiger partial charge is 0.394 e. The molecule has 11 nitrogen and oxygen atoms in total. The van der Waals surface area contributed by atoms with Gasteiger partial charge < -0.3 is 29.9 Å². The second kappa shape index (κ2) is 9.36. The first kappa shape index (κ1) is 21.8. The molecule has 3 N–H and O–H groups in total. The summed E-state index contributed by atoms with van der Waals surface area (Å²) in [5.41, 5.74) is 0.0206. The summed E-state index contributed by atoms with van der Waals surface area (Å²) in [7, 11) is 1.83. The highest BCUT2D eigenvalue weighted by Crippen LogP contribution is 2.23. The average molecular weight is 447 g/mol. The lowest BCUT2D eigenvalue weighted by Crippen LogP contribution is -2.48. The van der Waals surface area contributed by atoms with Crippen molar-refractivity contribution in [3.05, 3.63) is 42.1 Å². The van der Waals surface area contributed by atoms with E-state index in [0.29, 0.717) is 31.5 Å². The molecule has 0 spiro atoms. The number of anilines is 4. The van der Waals surface area contributed by atoms with E-state index in [-0.39, 0.29) is 30.2 Å². The molecule has 0 saturated carbocycles. The van der Waals surface area contributed by atoms with Crippen LogP contribution in [0.4, 0.5) is 32.4 Å². The van der Waals surface area contributed by atoms with Crippen LogP contribution in [0.3, 0.4) is 0 Å². The third-order valence-electron chi connectivity index (χ3n) is 4.86. The standard InChI is InChI=1S/C19H23F2N9O2/c1-11(16-14(21)5-12(20)6-22-16)24-17-26-18(25-15-7-29(2)10-23-15)28-19(27-17)30-3-4-32-9-13(30)8-31/h5-7,10-11,13,31H,3-4,8-9H2,1-2H3,(H2,24,25,26,27,28)/t11-,13+/m0/s1. The number of aliphatic hydroxyl groups excluding tert-OH is 1. The van der Waals surface area contributed by atoms with E-state index >= 15 is 0 Å². The van der Waals surface area contributed by atoms with Crippen LogP contribution in [0, 0.1) is 11.6 Å². The SMILES string of the molecule is C[C@H](Nc1nc(Nc2cn(C)cn2)nc(N2CCOC[C@H]2CO)n1)c1ncc(F)cc1F. The fraction of sp³-hybridized carbons (Fsp3) is 0.421. The normalized spacial score (nSPS) is 17.3. The Bertz CT molecular complexity index is 1080. The van der Waals surface area contributed by atoms with Gasteiger partial charge in [0, 0.05) is 25.9 Å². The first-order valence-electron chi connectivity index (χ1n) is 9.96. The number of nitrogens with zero attached hydrogens (tertiary/aromatic N) is 7. The molecule has 4 heterocycles. The molecule has 0 aromatic carbocycles. The van der Waals surface area contributed by atoms with Gasteiger partial charge in [0.1, 0.15) is 11.6 Å². The molecule has 0 amide bonds. The summed E-state index contributed by atoms with van der Waals surface area (Å²) in [6, 6.07) is -0.213. The summed E-state index contributed by atoms with van der Waals surface area (Å²) >= 11 is 0. The van der Waals surface area contributed by atoms with E-state index in [1.807, 2.05) is 11.9 Å². The Labute approximate surface area is 182 Å². The van der Waals surface area contributed by atoms with Gasteiger partial charge in [-0.05, 0) is 6.92 Å². The van der Waals surface area contributed by atoms with Crippen LogP contribution in [0.25, 0.3) is 0 Å². The van der Waals surface area contributed by atoms with Gasteiger partial charge in [-0.25, -0.2) is 13.8 Å². The molecule has 170 valence electrons. The molecular formula is C19H23F2N9O2. The molecule has 0 unspecified atom stereocenters. The van der Waals surface area contributed by atoms with Gasteiger partial charge in [-0.2, -0.15) is 15.0 Å². The zero-order valence-electron chi connectivity index (χ0n) is 17.5. The minimum absolute atomic E-state index is 0.0206. The number of hydrogen-bond acceptors (Lipinski definition) is 10. The molecule has 1 aliphatic rings. The predicted octanol–water partition coefficient (Wildman–Crippen LogP) is 1.39. The summed E-state index contributed by atoms with van der Waals surface area (Å²) in [6.07, 6.45) is 4.32. The lowest BCUT2D eigenvalue weighted by Gasteiger charge is -2.34. The topological polar surface area (TPSA) is 126 Å². The number of pyridine rings is 1. The molecule has 1 saturated heterocycles. The van der Waals surface area contributed by atoms with Crippen molar-refractivity contribution in [3.8, 4) is 0 Å². The van der Waals surface area contributed by atoms with Crippen molar-refractivity contribution >= 4 is 23.7 Å². The van der Waals surface area contributed by atoms with Gasteiger partial charge in [-0.15, -0.1) is 0 Å². The molecule has 1 fully saturated rings. The second-order valence-electron chi connectivity index (χ2n) is 7.32. The first-order chi connectivity index (χ1) is 15.4. The Balaban J connectivity index is 1.65. The molecule has 1 aliphatic heterocycles. The van der Waals surface area contributed by atoms with Crippen molar-refractivity contribution in [3.63, 3.8) is 0 Å². The van der Waals surface area contributed by atoms with Gasteiger partial charge in [0.05, 0.1) is 50.1 Å². The van der Waals surface area contributed by atoms with Crippen LogP contribution in [0.5, 0.6) is 0 Å². The van der Waals surface area contributed by atoms with Crippen molar-refractivity contribution in [2.45, 2.75) is 19.0 Å². The van der Waals surface area contributed by atoms with Gasteiger partial charge in [-0.3, -0.25) is 4.98 Å². The molecule has 3 aromatic heterocycles. The zero-order chi connectivity index (χ0) is 22.7. The van der Waals surface area contributed by atoms with Gasteiger partial charge in [-0.1, -0.05) is 0 Å². The Morgan fingerprint density at radius 3 is 2.78 bits per heavy atom. The van der Waals surface area contributed by atoms with Gasteiger partial charge in [0.2, 0.25) is 17.8 Å². The predicted molar refractivity (Wildman–Crippen MR) is 112 cm³/mol. The zero-order valence-corrected chi connectivity index (χ0v) is 17.5. The Hall–Kier alpha value is -3.45. The lowest BCUT2D eigenvalue weighted by atomic mass is 10.2. The highest BCUT2D eigenvalue weighted by atomic mass is 19.1. The molecular weight excluding hydrogens is 424 g/mol. The van der Waals surface area contributed by atoms with E-state index in [1.54, 1.807) is 24.0 Å². The second-order valence-corrected chi connectivity index (χ2v) is 7.32. The highest BCUT2D eigenvalue weighted by molar-refractivity contribution is 5.52. The smallest absolute Gasteiger partial charge is 0.235 e. The van der Waals surface area contributed by atoms with Crippen LogP contribution in [0.1, 0.15) is 18.7 Å². The molecule has 0 aliphatic carbocycles. The average Bonchev–Trinajstić information content (AvgIpc) is 3.17. The molecule has 3 aromatic rings. The number of nitrogens with one attached hydrogen (secondary N) is 2. The minimum atomic E-state index is -0.778. The van der Waals surface area contributed by atoms with Crippen LogP contribution in [-0.4, -0.2) is 67.0 Å². The Kier molecular flexibility index (Phi) is 6.37. The number of aliphatic hydroxyl groups is 1. The van der Waals surface area contributed by atoms with Crippen molar-refractivity contribution in [2.24, 2.45) is 7.05 Å². The molecule has 2 atom stereocenters. The lowest BCUT2D eigenvalue weighted by molar-refractivity contribution is 0.0718. The summed E-state index contributed by atoms with van der Waals surface area (Å²) in [6.45, 7) is 2.77. The van der Waals surface area contributed by atoms with Crippen molar-refractivity contribution in [2.75, 3.05) is 41.9 Å². The summed E-state index contributed by atoms with van der Waals surface area (Å²) in [4.78, 5) is 23.1. The third kappa shape index (κ3) is 4.89. The van der Waals surface area contributed by atoms with E-state index in [4.69, 9.17) is 4.74 Å². The number of imidazole rings is 1. The minimum Gasteiger partial charge on any atom is -0.394 e. The van der Waals surface area contributed by atoms with Crippen molar-refractivity contribution in [1.82, 2.24) is 29.5 Å². The number of aryl methyl sites for hydroxylation is 1. The van der Waals surface area contributed by atoms with E-state index in [2.05, 4.69) is 35.6 Å². The van der Waals surface area contributed by atoms with E-state index in [1.165, 1.54) is 0 Å². The maximum Gasteiger partial charge on any atom is 0.235 e. The first-order valence-corrected chi connectivity index (χ1v) is 9.96. The quantitative estimate of drug-likeness (QED) is 0.489. The maximum atomic E-state index is 14.2. The van der Waals surface area contributed by atoms with Gasteiger partial charge in [0.15, 0.2) is 5.82 Å². The van der Waals surface area contributed by atoms with E-state index < -0.39 is 17.7 Å². The van der Waals surface area contributed by atoms with E-state index in [0.717, 1.165) is 12.3 Å². The van der Waals surface area contributed by atoms with Crippen molar-refractivity contribution in [1.29, 1.82) is 0 Å².